The van der Waals surface area contributed by atoms with Crippen LogP contribution < -0.4 is 0 Å². The van der Waals surface area contributed by atoms with E-state index in [-0.39, 0.29) is 21.8 Å². The third-order valence-electron chi connectivity index (χ3n) is 3.56. The van der Waals surface area contributed by atoms with Gasteiger partial charge in [-0.05, 0) is 31.4 Å². The molecular formula is C14H18Cl3NO2S. The minimum Gasteiger partial charge on any atom is -0.207 e. The van der Waals surface area contributed by atoms with E-state index in [0.29, 0.717) is 17.1 Å². The monoisotopic (exact) mass is 369 g/mol. The van der Waals surface area contributed by atoms with E-state index in [9.17, 15) is 8.42 Å². The van der Waals surface area contributed by atoms with Crippen molar-refractivity contribution in [2.75, 3.05) is 6.54 Å². The van der Waals surface area contributed by atoms with E-state index >= 15 is 0 Å². The zero-order chi connectivity index (χ0) is 15.6. The van der Waals surface area contributed by atoms with Gasteiger partial charge >= 0.3 is 0 Å². The highest BCUT2D eigenvalue weighted by atomic mass is 35.5. The molecule has 118 valence electrons. The van der Waals surface area contributed by atoms with Crippen molar-refractivity contribution in [3.63, 3.8) is 0 Å². The zero-order valence-corrected chi connectivity index (χ0v) is 14.9. The van der Waals surface area contributed by atoms with Gasteiger partial charge in [-0.25, -0.2) is 8.42 Å². The second-order valence-electron chi connectivity index (χ2n) is 5.17. The first kappa shape index (κ1) is 17.4. The summed E-state index contributed by atoms with van der Waals surface area (Å²) in [4.78, 5) is 0.104. The van der Waals surface area contributed by atoms with Crippen molar-refractivity contribution in [1.29, 1.82) is 0 Å². The molecule has 2 rings (SSSR count). The predicted molar refractivity (Wildman–Crippen MR) is 87.8 cm³/mol. The molecule has 0 saturated heterocycles. The number of hydrogen-bond donors (Lipinski definition) is 0. The van der Waals surface area contributed by atoms with Crippen LogP contribution in [0, 0.1) is 0 Å². The highest BCUT2D eigenvalue weighted by molar-refractivity contribution is 7.89. The Morgan fingerprint density at radius 1 is 1.29 bits per heavy atom. The van der Waals surface area contributed by atoms with Gasteiger partial charge in [0.1, 0.15) is 4.90 Å². The second-order valence-corrected chi connectivity index (χ2v) is 8.08. The summed E-state index contributed by atoms with van der Waals surface area (Å²) in [6.07, 6.45) is 3.61. The summed E-state index contributed by atoms with van der Waals surface area (Å²) in [5.41, 5.74) is 0.465. The van der Waals surface area contributed by atoms with Crippen LogP contribution in [0.15, 0.2) is 17.0 Å². The Labute approximate surface area is 141 Å². The van der Waals surface area contributed by atoms with Crippen molar-refractivity contribution in [2.24, 2.45) is 0 Å². The fourth-order valence-corrected chi connectivity index (χ4v) is 5.23. The van der Waals surface area contributed by atoms with Gasteiger partial charge in [0.05, 0.1) is 10.9 Å². The third kappa shape index (κ3) is 3.67. The normalized spacial score (nSPS) is 15.7. The lowest BCUT2D eigenvalue weighted by Gasteiger charge is -2.23. The maximum Gasteiger partial charge on any atom is 0.244 e. The highest BCUT2D eigenvalue weighted by Crippen LogP contribution is 2.37. The summed E-state index contributed by atoms with van der Waals surface area (Å²) < 4.78 is 27.3. The first-order chi connectivity index (χ1) is 9.93. The van der Waals surface area contributed by atoms with Crippen molar-refractivity contribution in [3.8, 4) is 0 Å². The highest BCUT2D eigenvalue weighted by Gasteiger charge is 2.38. The molecule has 0 atom stereocenters. The van der Waals surface area contributed by atoms with Crippen molar-refractivity contribution >= 4 is 44.8 Å². The van der Waals surface area contributed by atoms with Crippen LogP contribution in [-0.2, 0) is 15.9 Å². The average molecular weight is 371 g/mol. The molecule has 0 radical (unpaired) electrons. The first-order valence-corrected chi connectivity index (χ1v) is 9.71. The number of benzene rings is 1. The SMILES string of the molecule is CCCCN(C1CC1)S(=O)(=O)c1ccc(Cl)c(CCl)c1Cl. The van der Waals surface area contributed by atoms with Gasteiger partial charge in [0, 0.05) is 23.2 Å². The van der Waals surface area contributed by atoms with Crippen LogP contribution in [0.1, 0.15) is 38.2 Å². The van der Waals surface area contributed by atoms with Crippen LogP contribution in [0.5, 0.6) is 0 Å². The first-order valence-electron chi connectivity index (χ1n) is 6.98. The average Bonchev–Trinajstić information content (AvgIpc) is 3.23. The molecule has 1 aliphatic rings. The lowest BCUT2D eigenvalue weighted by atomic mass is 10.2. The van der Waals surface area contributed by atoms with E-state index in [0.717, 1.165) is 25.7 Å². The molecule has 1 aromatic carbocycles. The van der Waals surface area contributed by atoms with Gasteiger partial charge in [-0.3, -0.25) is 0 Å². The number of sulfonamides is 1. The second kappa shape index (κ2) is 7.05. The molecule has 0 aliphatic heterocycles. The van der Waals surface area contributed by atoms with E-state index in [1.54, 1.807) is 10.4 Å². The van der Waals surface area contributed by atoms with Crippen molar-refractivity contribution < 1.29 is 8.42 Å². The van der Waals surface area contributed by atoms with E-state index < -0.39 is 10.0 Å². The van der Waals surface area contributed by atoms with Gasteiger partial charge in [-0.15, -0.1) is 11.6 Å². The van der Waals surface area contributed by atoms with Crippen LogP contribution in [0.3, 0.4) is 0 Å². The minimum absolute atomic E-state index is 0.0828. The largest absolute Gasteiger partial charge is 0.244 e. The van der Waals surface area contributed by atoms with Crippen LogP contribution in [0.2, 0.25) is 10.0 Å². The molecule has 7 heteroatoms. The van der Waals surface area contributed by atoms with Crippen molar-refractivity contribution in [2.45, 2.75) is 49.4 Å². The summed E-state index contributed by atoms with van der Waals surface area (Å²) in [5, 5.41) is 0.528. The van der Waals surface area contributed by atoms with E-state index in [1.165, 1.54) is 6.07 Å². The smallest absolute Gasteiger partial charge is 0.207 e. The molecule has 0 unspecified atom stereocenters. The van der Waals surface area contributed by atoms with E-state index in [1.807, 2.05) is 6.92 Å². The molecule has 0 aromatic heterocycles. The Hall–Kier alpha value is -0.000000000000000167. The Balaban J connectivity index is 2.42. The molecule has 1 fully saturated rings. The molecular weight excluding hydrogens is 353 g/mol. The summed E-state index contributed by atoms with van der Waals surface area (Å²) in [7, 11) is -3.61. The van der Waals surface area contributed by atoms with E-state index in [4.69, 9.17) is 34.8 Å². The van der Waals surface area contributed by atoms with Crippen molar-refractivity contribution in [3.05, 3.63) is 27.7 Å². The molecule has 0 bridgehead atoms. The Morgan fingerprint density at radius 2 is 1.95 bits per heavy atom. The predicted octanol–water partition coefficient (Wildman–Crippen LogP) is 4.69. The summed E-state index contributed by atoms with van der Waals surface area (Å²) in [6.45, 7) is 2.57. The van der Waals surface area contributed by atoms with E-state index in [2.05, 4.69) is 0 Å². The molecule has 0 amide bonds. The third-order valence-corrected chi connectivity index (χ3v) is 6.72. The van der Waals surface area contributed by atoms with Gasteiger partial charge in [0.15, 0.2) is 0 Å². The van der Waals surface area contributed by atoms with Crippen molar-refractivity contribution in [1.82, 2.24) is 4.31 Å². The lowest BCUT2D eigenvalue weighted by Crippen LogP contribution is -2.34. The summed E-state index contributed by atoms with van der Waals surface area (Å²) in [6, 6.07) is 3.12. The van der Waals surface area contributed by atoms with Gasteiger partial charge in [0.25, 0.3) is 0 Å². The number of unbranched alkanes of at least 4 members (excludes halogenated alkanes) is 1. The number of rotatable bonds is 7. The fourth-order valence-electron chi connectivity index (χ4n) is 2.20. The number of halogens is 3. The maximum absolute atomic E-state index is 12.9. The maximum atomic E-state index is 12.9. The van der Waals surface area contributed by atoms with Crippen LogP contribution >= 0.6 is 34.8 Å². The topological polar surface area (TPSA) is 37.4 Å². The van der Waals surface area contributed by atoms with Gasteiger partial charge in [0.2, 0.25) is 10.0 Å². The summed E-state index contributed by atoms with van der Waals surface area (Å²) in [5.74, 6) is 0.0828. The van der Waals surface area contributed by atoms with Crippen LogP contribution in [0.4, 0.5) is 0 Å². The molecule has 0 N–H and O–H groups in total. The Bertz CT molecular complexity index is 615. The molecule has 1 aromatic rings. The molecule has 21 heavy (non-hydrogen) atoms. The van der Waals surface area contributed by atoms with Crippen LogP contribution in [0.25, 0.3) is 0 Å². The Morgan fingerprint density at radius 3 is 2.48 bits per heavy atom. The molecule has 0 heterocycles. The number of nitrogens with zero attached hydrogens (tertiary/aromatic N) is 1. The van der Waals surface area contributed by atoms with Gasteiger partial charge < -0.3 is 0 Å². The minimum atomic E-state index is -3.61. The van der Waals surface area contributed by atoms with Crippen LogP contribution in [-0.4, -0.2) is 25.3 Å². The summed E-state index contributed by atoms with van der Waals surface area (Å²) >= 11 is 18.1. The quantitative estimate of drug-likeness (QED) is 0.653. The molecule has 1 aliphatic carbocycles. The van der Waals surface area contributed by atoms with Gasteiger partial charge in [-0.2, -0.15) is 4.31 Å². The molecule has 1 saturated carbocycles. The van der Waals surface area contributed by atoms with Gasteiger partial charge in [-0.1, -0.05) is 36.5 Å². The number of alkyl halides is 1. The molecule has 0 spiro atoms. The fraction of sp³-hybridized carbons (Fsp3) is 0.571. The lowest BCUT2D eigenvalue weighted by molar-refractivity contribution is 0.395. The number of hydrogen-bond acceptors (Lipinski definition) is 2. The Kier molecular flexibility index (Phi) is 5.83. The standard InChI is InChI=1S/C14H18Cl3NO2S/c1-2-3-8-18(10-4-5-10)21(19,20)13-7-6-12(16)11(9-15)14(13)17/h6-7,10H,2-5,8-9H2,1H3. The molecule has 3 nitrogen and oxygen atoms in total. The zero-order valence-electron chi connectivity index (χ0n) is 11.8.